The summed E-state index contributed by atoms with van der Waals surface area (Å²) in [5.74, 6) is -0.243. The summed E-state index contributed by atoms with van der Waals surface area (Å²) in [6.07, 6.45) is 3.29. The average molecular weight is 517 g/mol. The second-order valence-electron chi connectivity index (χ2n) is 9.89. The van der Waals surface area contributed by atoms with E-state index in [-0.39, 0.29) is 24.1 Å². The summed E-state index contributed by atoms with van der Waals surface area (Å²) in [6.45, 7) is 4.64. The first kappa shape index (κ1) is 27.0. The molecule has 0 bridgehead atoms. The molecular weight excluding hydrogens is 481 g/mol. The molecule has 1 amide bonds. The summed E-state index contributed by atoms with van der Waals surface area (Å²) in [5, 5.41) is 2.95. The van der Waals surface area contributed by atoms with Crippen molar-refractivity contribution in [3.63, 3.8) is 0 Å². The Morgan fingerprint density at radius 2 is 1.86 bits per heavy atom. The third-order valence-corrected chi connectivity index (χ3v) is 7.30. The predicted molar refractivity (Wildman–Crippen MR) is 139 cm³/mol. The molecule has 2 aromatic rings. The number of piperidine rings is 1. The van der Waals surface area contributed by atoms with Crippen LogP contribution in [0.3, 0.4) is 0 Å². The van der Waals surface area contributed by atoms with Crippen LogP contribution in [0.1, 0.15) is 58.9 Å². The molecule has 2 aliphatic heterocycles. The van der Waals surface area contributed by atoms with Crippen LogP contribution >= 0.6 is 0 Å². The molecule has 2 aliphatic rings. The highest BCUT2D eigenvalue weighted by Gasteiger charge is 2.34. The predicted octanol–water partition coefficient (Wildman–Crippen LogP) is 4.51. The van der Waals surface area contributed by atoms with E-state index in [4.69, 9.17) is 0 Å². The van der Waals surface area contributed by atoms with Gasteiger partial charge in [0.2, 0.25) is 0 Å². The van der Waals surface area contributed by atoms with Gasteiger partial charge >= 0.3 is 6.18 Å². The molecule has 1 aromatic carbocycles. The SMILES string of the molecule is CCN(c1cccc2c1C/C=C/CCc1cc(C)[nH]c(=O)c1CNC2=O)C1CCN(CC(F)(F)F)CC1. The largest absolute Gasteiger partial charge is 0.401 e. The summed E-state index contributed by atoms with van der Waals surface area (Å²) < 4.78 is 38.5. The van der Waals surface area contributed by atoms with Crippen molar-refractivity contribution in [2.24, 2.45) is 0 Å². The Labute approximate surface area is 215 Å². The van der Waals surface area contributed by atoms with Crippen molar-refractivity contribution in [1.29, 1.82) is 0 Å². The lowest BCUT2D eigenvalue weighted by Gasteiger charge is -2.40. The van der Waals surface area contributed by atoms with E-state index in [1.807, 2.05) is 32.0 Å². The van der Waals surface area contributed by atoms with Crippen LogP contribution < -0.4 is 15.8 Å². The van der Waals surface area contributed by atoms with E-state index in [0.29, 0.717) is 56.4 Å². The van der Waals surface area contributed by atoms with Crippen molar-refractivity contribution < 1.29 is 18.0 Å². The van der Waals surface area contributed by atoms with Gasteiger partial charge in [-0.1, -0.05) is 18.2 Å². The molecule has 3 heterocycles. The van der Waals surface area contributed by atoms with Gasteiger partial charge in [0.25, 0.3) is 11.5 Å². The van der Waals surface area contributed by atoms with Crippen LogP contribution in [0.4, 0.5) is 18.9 Å². The number of fused-ring (bicyclic) bond motifs is 2. The zero-order valence-corrected chi connectivity index (χ0v) is 21.5. The first-order chi connectivity index (χ1) is 17.7. The number of rotatable bonds is 4. The molecule has 0 aliphatic carbocycles. The van der Waals surface area contributed by atoms with Gasteiger partial charge in [0.05, 0.1) is 6.54 Å². The molecule has 0 spiro atoms. The molecule has 4 rings (SSSR count). The molecule has 0 saturated carbocycles. The number of hydrogen-bond donors (Lipinski definition) is 2. The van der Waals surface area contributed by atoms with Gasteiger partial charge in [0, 0.05) is 54.7 Å². The summed E-state index contributed by atoms with van der Waals surface area (Å²) in [4.78, 5) is 32.5. The Bertz CT molecular complexity index is 1200. The van der Waals surface area contributed by atoms with Crippen molar-refractivity contribution in [3.05, 3.63) is 74.7 Å². The fraction of sp³-hybridized carbons (Fsp3) is 0.500. The third-order valence-electron chi connectivity index (χ3n) is 7.30. The van der Waals surface area contributed by atoms with E-state index < -0.39 is 12.7 Å². The van der Waals surface area contributed by atoms with E-state index in [1.165, 1.54) is 4.90 Å². The van der Waals surface area contributed by atoms with Gasteiger partial charge in [-0.25, -0.2) is 0 Å². The van der Waals surface area contributed by atoms with Gasteiger partial charge < -0.3 is 15.2 Å². The molecule has 9 heteroatoms. The van der Waals surface area contributed by atoms with Crippen molar-refractivity contribution in [3.8, 4) is 0 Å². The van der Waals surface area contributed by atoms with Crippen molar-refractivity contribution >= 4 is 11.6 Å². The maximum atomic E-state index is 13.3. The highest BCUT2D eigenvalue weighted by Crippen LogP contribution is 2.31. The highest BCUT2D eigenvalue weighted by molar-refractivity contribution is 5.97. The van der Waals surface area contributed by atoms with E-state index in [2.05, 4.69) is 27.4 Å². The number of nitrogens with one attached hydrogen (secondary N) is 2. The minimum absolute atomic E-state index is 0.100. The minimum Gasteiger partial charge on any atom is -0.368 e. The van der Waals surface area contributed by atoms with Crippen LogP contribution in [0.25, 0.3) is 0 Å². The fourth-order valence-corrected chi connectivity index (χ4v) is 5.56. The number of H-pyrrole nitrogens is 1. The zero-order valence-electron chi connectivity index (χ0n) is 21.5. The van der Waals surface area contributed by atoms with E-state index in [1.54, 1.807) is 6.07 Å². The normalized spacial score (nSPS) is 18.7. The van der Waals surface area contributed by atoms with Crippen LogP contribution in [0, 0.1) is 6.92 Å². The molecule has 2 N–H and O–H groups in total. The Kier molecular flexibility index (Phi) is 8.42. The molecule has 200 valence electrons. The molecule has 1 aromatic heterocycles. The maximum absolute atomic E-state index is 13.3. The molecule has 0 radical (unpaired) electrons. The first-order valence-corrected chi connectivity index (χ1v) is 13.0. The average Bonchev–Trinajstić information content (AvgIpc) is 2.83. The van der Waals surface area contributed by atoms with Crippen LogP contribution in [0.15, 0.2) is 41.2 Å². The summed E-state index contributed by atoms with van der Waals surface area (Å²) in [6, 6.07) is 7.72. The number of likely N-dealkylation sites (tertiary alicyclic amines) is 1. The number of benzene rings is 1. The van der Waals surface area contributed by atoms with Crippen molar-refractivity contribution in [2.45, 2.75) is 64.7 Å². The van der Waals surface area contributed by atoms with Crippen molar-refractivity contribution in [2.75, 3.05) is 31.1 Å². The molecular formula is C28H35F3N4O2. The number of anilines is 1. The first-order valence-electron chi connectivity index (χ1n) is 13.0. The molecule has 6 nitrogen and oxygen atoms in total. The Hall–Kier alpha value is -3.07. The third kappa shape index (κ3) is 6.63. The number of aromatic amines is 1. The molecule has 1 saturated heterocycles. The van der Waals surface area contributed by atoms with Crippen LogP contribution in [-0.2, 0) is 19.4 Å². The summed E-state index contributed by atoms with van der Waals surface area (Å²) in [5.41, 5.74) is 4.53. The van der Waals surface area contributed by atoms with Gasteiger partial charge in [-0.15, -0.1) is 0 Å². The topological polar surface area (TPSA) is 68.4 Å². The Morgan fingerprint density at radius 1 is 1.11 bits per heavy atom. The standard InChI is InChI=1S/C28H35F3N4O2/c1-3-35(21-12-14-34(15-13-21)18-28(29,30)31)25-11-7-10-23-22(25)9-6-4-5-8-20-16-19(2)33-27(37)24(20)17-32-26(23)36/h4,6-7,10-11,16,21H,3,5,8-9,12-15,17-18H2,1-2H3,(H,32,36)(H,33,37)/b6-4+. The number of alkyl halides is 3. The number of pyridine rings is 1. The molecule has 1 fully saturated rings. The number of halogens is 3. The molecule has 0 unspecified atom stereocenters. The lowest BCUT2D eigenvalue weighted by molar-refractivity contribution is -0.147. The number of aryl methyl sites for hydroxylation is 2. The van der Waals surface area contributed by atoms with Crippen LogP contribution in [0.2, 0.25) is 0 Å². The number of aromatic nitrogens is 1. The lowest BCUT2D eigenvalue weighted by atomic mass is 9.96. The molecule has 0 atom stereocenters. The number of carbonyl (C=O) groups is 1. The van der Waals surface area contributed by atoms with Gasteiger partial charge in [0.15, 0.2) is 0 Å². The number of allylic oxidation sites excluding steroid dienone is 2. The quantitative estimate of drug-likeness (QED) is 0.587. The van der Waals surface area contributed by atoms with Gasteiger partial charge in [-0.2, -0.15) is 13.2 Å². The highest BCUT2D eigenvalue weighted by atomic mass is 19.4. The second kappa shape index (κ2) is 11.5. The number of amides is 1. The zero-order chi connectivity index (χ0) is 26.6. The van der Waals surface area contributed by atoms with Crippen LogP contribution in [0.5, 0.6) is 0 Å². The fourth-order valence-electron chi connectivity index (χ4n) is 5.56. The van der Waals surface area contributed by atoms with Gasteiger partial charge in [-0.05, 0) is 75.3 Å². The van der Waals surface area contributed by atoms with E-state index in [9.17, 15) is 22.8 Å². The van der Waals surface area contributed by atoms with E-state index in [0.717, 1.165) is 28.9 Å². The van der Waals surface area contributed by atoms with Gasteiger partial charge in [0.1, 0.15) is 0 Å². The smallest absolute Gasteiger partial charge is 0.368 e. The van der Waals surface area contributed by atoms with Gasteiger partial charge in [-0.3, -0.25) is 14.5 Å². The Morgan fingerprint density at radius 3 is 2.57 bits per heavy atom. The summed E-state index contributed by atoms with van der Waals surface area (Å²) in [7, 11) is 0. The van der Waals surface area contributed by atoms with Crippen molar-refractivity contribution in [1.82, 2.24) is 15.2 Å². The maximum Gasteiger partial charge on any atom is 0.401 e. The van der Waals surface area contributed by atoms with Crippen LogP contribution in [-0.4, -0.2) is 54.2 Å². The van der Waals surface area contributed by atoms with E-state index >= 15 is 0 Å². The monoisotopic (exact) mass is 516 g/mol. The Balaban J connectivity index is 1.60. The number of nitrogens with zero attached hydrogens (tertiary/aromatic N) is 2. The minimum atomic E-state index is -4.19. The number of carbonyl (C=O) groups excluding carboxylic acids is 1. The molecule has 37 heavy (non-hydrogen) atoms. The lowest BCUT2D eigenvalue weighted by Crippen LogP contribution is -2.47. The summed E-state index contributed by atoms with van der Waals surface area (Å²) >= 11 is 0. The second-order valence-corrected chi connectivity index (χ2v) is 9.89. The number of hydrogen-bond acceptors (Lipinski definition) is 4.